The summed E-state index contributed by atoms with van der Waals surface area (Å²) in [5.74, 6) is -1.06. The maximum Gasteiger partial charge on any atom is 0.336 e. The van der Waals surface area contributed by atoms with Crippen LogP contribution in [0.15, 0.2) is 48.5 Å². The molecule has 126 valence electrons. The number of carbonyl (C=O) groups is 2. The van der Waals surface area contributed by atoms with Crippen molar-refractivity contribution >= 4 is 11.9 Å². The quantitative estimate of drug-likeness (QED) is 0.720. The number of aryl methyl sites for hydroxylation is 1. The fourth-order valence-electron chi connectivity index (χ4n) is 2.14. The average Bonchev–Trinajstić information content (AvgIpc) is 2.59. The molecule has 0 bridgehead atoms. The zero-order chi connectivity index (χ0) is 17.5. The standard InChI is InChI=1S/C18H19NO5/c1-12-6-2-5-9-16(12)24-11-13(20)10-19-17(21)14-7-3-4-8-15(14)18(22)23/h2-9,13,20H,10-11H2,1H3,(H,19,21)(H,22,23). The monoisotopic (exact) mass is 329 g/mol. The molecule has 6 heteroatoms. The Morgan fingerprint density at radius 3 is 2.38 bits per heavy atom. The molecule has 0 saturated heterocycles. The fraction of sp³-hybridized carbons (Fsp3) is 0.222. The molecule has 0 heterocycles. The number of para-hydroxylation sites is 1. The van der Waals surface area contributed by atoms with E-state index in [-0.39, 0.29) is 24.3 Å². The van der Waals surface area contributed by atoms with Gasteiger partial charge in [-0.3, -0.25) is 4.79 Å². The van der Waals surface area contributed by atoms with Crippen molar-refractivity contribution in [1.82, 2.24) is 5.32 Å². The average molecular weight is 329 g/mol. The first kappa shape index (κ1) is 17.5. The largest absolute Gasteiger partial charge is 0.491 e. The number of nitrogens with one attached hydrogen (secondary N) is 1. The van der Waals surface area contributed by atoms with E-state index >= 15 is 0 Å². The van der Waals surface area contributed by atoms with Crippen LogP contribution in [-0.4, -0.2) is 41.3 Å². The smallest absolute Gasteiger partial charge is 0.336 e. The van der Waals surface area contributed by atoms with Gasteiger partial charge in [0.05, 0.1) is 11.1 Å². The molecule has 0 saturated carbocycles. The summed E-state index contributed by atoms with van der Waals surface area (Å²) in [5.41, 5.74) is 0.918. The lowest BCUT2D eigenvalue weighted by atomic mass is 10.1. The summed E-state index contributed by atoms with van der Waals surface area (Å²) < 4.78 is 5.50. The number of carboxylic acid groups (broad SMARTS) is 1. The van der Waals surface area contributed by atoms with Crippen LogP contribution in [-0.2, 0) is 0 Å². The Kier molecular flexibility index (Phi) is 5.92. The van der Waals surface area contributed by atoms with Gasteiger partial charge in [-0.1, -0.05) is 30.3 Å². The fourth-order valence-corrected chi connectivity index (χ4v) is 2.14. The third-order valence-corrected chi connectivity index (χ3v) is 3.43. The van der Waals surface area contributed by atoms with Crippen molar-refractivity contribution < 1.29 is 24.5 Å². The zero-order valence-electron chi connectivity index (χ0n) is 13.2. The lowest BCUT2D eigenvalue weighted by molar-refractivity contribution is 0.0689. The molecule has 2 rings (SSSR count). The minimum atomic E-state index is -1.18. The van der Waals surface area contributed by atoms with Gasteiger partial charge in [0.1, 0.15) is 18.5 Å². The molecule has 2 aromatic carbocycles. The molecule has 24 heavy (non-hydrogen) atoms. The van der Waals surface area contributed by atoms with Crippen molar-refractivity contribution in [2.24, 2.45) is 0 Å². The second-order valence-corrected chi connectivity index (χ2v) is 5.29. The maximum absolute atomic E-state index is 12.1. The highest BCUT2D eigenvalue weighted by molar-refractivity contribution is 6.04. The lowest BCUT2D eigenvalue weighted by Gasteiger charge is -2.15. The van der Waals surface area contributed by atoms with Gasteiger partial charge < -0.3 is 20.3 Å². The van der Waals surface area contributed by atoms with E-state index < -0.39 is 18.0 Å². The molecule has 0 spiro atoms. The van der Waals surface area contributed by atoms with E-state index in [2.05, 4.69) is 5.32 Å². The number of aliphatic hydroxyl groups is 1. The summed E-state index contributed by atoms with van der Waals surface area (Å²) in [6, 6.07) is 13.3. The van der Waals surface area contributed by atoms with Crippen LogP contribution in [0.1, 0.15) is 26.3 Å². The molecular formula is C18H19NO5. The lowest BCUT2D eigenvalue weighted by Crippen LogP contribution is -2.36. The van der Waals surface area contributed by atoms with Gasteiger partial charge in [-0.05, 0) is 30.7 Å². The number of carbonyl (C=O) groups excluding carboxylic acids is 1. The van der Waals surface area contributed by atoms with Crippen molar-refractivity contribution in [3.8, 4) is 5.75 Å². The Hall–Kier alpha value is -2.86. The molecule has 0 aliphatic carbocycles. The molecule has 0 fully saturated rings. The predicted molar refractivity (Wildman–Crippen MR) is 88.4 cm³/mol. The van der Waals surface area contributed by atoms with E-state index in [0.29, 0.717) is 5.75 Å². The first-order valence-electron chi connectivity index (χ1n) is 7.46. The Morgan fingerprint density at radius 2 is 1.71 bits per heavy atom. The summed E-state index contributed by atoms with van der Waals surface area (Å²) in [5, 5.41) is 21.5. The number of rotatable bonds is 7. The number of aromatic carboxylic acids is 1. The summed E-state index contributed by atoms with van der Waals surface area (Å²) >= 11 is 0. The Morgan fingerprint density at radius 1 is 1.08 bits per heavy atom. The van der Waals surface area contributed by atoms with Crippen LogP contribution in [0, 0.1) is 6.92 Å². The molecule has 1 unspecified atom stereocenters. The number of aliphatic hydroxyl groups excluding tert-OH is 1. The predicted octanol–water partition coefficient (Wildman–Crippen LogP) is 1.86. The molecule has 1 atom stereocenters. The highest BCUT2D eigenvalue weighted by Crippen LogP contribution is 2.16. The number of hydrogen-bond donors (Lipinski definition) is 3. The summed E-state index contributed by atoms with van der Waals surface area (Å²) in [7, 11) is 0. The highest BCUT2D eigenvalue weighted by atomic mass is 16.5. The van der Waals surface area contributed by atoms with Gasteiger partial charge in [0.25, 0.3) is 5.91 Å². The summed E-state index contributed by atoms with van der Waals surface area (Å²) in [6.07, 6.45) is -0.912. The summed E-state index contributed by atoms with van der Waals surface area (Å²) in [6.45, 7) is 1.87. The molecule has 0 aliphatic heterocycles. The van der Waals surface area contributed by atoms with Crippen molar-refractivity contribution in [3.05, 3.63) is 65.2 Å². The molecule has 0 aliphatic rings. The maximum atomic E-state index is 12.1. The minimum absolute atomic E-state index is 0.0196. The number of hydrogen-bond acceptors (Lipinski definition) is 4. The van der Waals surface area contributed by atoms with Crippen LogP contribution in [0.2, 0.25) is 0 Å². The van der Waals surface area contributed by atoms with E-state index in [0.717, 1.165) is 5.56 Å². The van der Waals surface area contributed by atoms with Crippen LogP contribution in [0.25, 0.3) is 0 Å². The van der Waals surface area contributed by atoms with E-state index in [4.69, 9.17) is 9.84 Å². The molecule has 6 nitrogen and oxygen atoms in total. The van der Waals surface area contributed by atoms with E-state index in [9.17, 15) is 14.7 Å². The number of ether oxygens (including phenoxy) is 1. The Labute approximate surface area is 139 Å². The van der Waals surface area contributed by atoms with Crippen molar-refractivity contribution in [3.63, 3.8) is 0 Å². The topological polar surface area (TPSA) is 95.9 Å². The van der Waals surface area contributed by atoms with E-state index in [1.807, 2.05) is 25.1 Å². The third-order valence-electron chi connectivity index (χ3n) is 3.43. The number of carboxylic acids is 1. The SMILES string of the molecule is Cc1ccccc1OCC(O)CNC(=O)c1ccccc1C(=O)O. The highest BCUT2D eigenvalue weighted by Gasteiger charge is 2.16. The Balaban J connectivity index is 1.88. The van der Waals surface area contributed by atoms with Crippen LogP contribution < -0.4 is 10.1 Å². The van der Waals surface area contributed by atoms with Crippen molar-refractivity contribution in [2.75, 3.05) is 13.2 Å². The second-order valence-electron chi connectivity index (χ2n) is 5.29. The third kappa shape index (κ3) is 4.57. The number of benzene rings is 2. The minimum Gasteiger partial charge on any atom is -0.491 e. The van der Waals surface area contributed by atoms with Gasteiger partial charge in [-0.25, -0.2) is 4.79 Å². The van der Waals surface area contributed by atoms with E-state index in [1.165, 1.54) is 12.1 Å². The molecular weight excluding hydrogens is 310 g/mol. The van der Waals surface area contributed by atoms with Gasteiger partial charge in [-0.15, -0.1) is 0 Å². The first-order valence-corrected chi connectivity index (χ1v) is 7.46. The van der Waals surface area contributed by atoms with Gasteiger partial charge in [0.2, 0.25) is 0 Å². The molecule has 2 aromatic rings. The van der Waals surface area contributed by atoms with Gasteiger partial charge in [0.15, 0.2) is 0 Å². The van der Waals surface area contributed by atoms with E-state index in [1.54, 1.807) is 18.2 Å². The molecule has 3 N–H and O–H groups in total. The second kappa shape index (κ2) is 8.12. The Bertz CT molecular complexity index is 729. The zero-order valence-corrected chi connectivity index (χ0v) is 13.2. The van der Waals surface area contributed by atoms with Gasteiger partial charge in [-0.2, -0.15) is 0 Å². The number of amides is 1. The van der Waals surface area contributed by atoms with Crippen LogP contribution >= 0.6 is 0 Å². The van der Waals surface area contributed by atoms with Crippen molar-refractivity contribution in [1.29, 1.82) is 0 Å². The van der Waals surface area contributed by atoms with Crippen LogP contribution in [0.5, 0.6) is 5.75 Å². The normalized spacial score (nSPS) is 11.6. The molecule has 1 amide bonds. The van der Waals surface area contributed by atoms with Gasteiger partial charge in [0, 0.05) is 6.54 Å². The van der Waals surface area contributed by atoms with Crippen LogP contribution in [0.3, 0.4) is 0 Å². The van der Waals surface area contributed by atoms with Crippen molar-refractivity contribution in [2.45, 2.75) is 13.0 Å². The van der Waals surface area contributed by atoms with Gasteiger partial charge >= 0.3 is 5.97 Å². The summed E-state index contributed by atoms with van der Waals surface area (Å²) in [4.78, 5) is 23.2. The first-order chi connectivity index (χ1) is 11.5. The molecule has 0 radical (unpaired) electrons. The van der Waals surface area contributed by atoms with Crippen LogP contribution in [0.4, 0.5) is 0 Å². The molecule has 0 aromatic heterocycles.